The van der Waals surface area contributed by atoms with Crippen molar-refractivity contribution in [1.29, 1.82) is 0 Å². The van der Waals surface area contributed by atoms with E-state index in [2.05, 4.69) is 0 Å². The number of pyridine rings is 1. The molecule has 0 radical (unpaired) electrons. The summed E-state index contributed by atoms with van der Waals surface area (Å²) in [4.78, 5) is 25.7. The predicted molar refractivity (Wildman–Crippen MR) is 92.7 cm³/mol. The second-order valence-electron chi connectivity index (χ2n) is 5.95. The molecule has 25 heavy (non-hydrogen) atoms. The first-order chi connectivity index (χ1) is 12.2. The summed E-state index contributed by atoms with van der Waals surface area (Å²) >= 11 is 0. The van der Waals surface area contributed by atoms with E-state index >= 15 is 0 Å². The number of benzene rings is 2. The lowest BCUT2D eigenvalue weighted by Crippen LogP contribution is -2.19. The topological polar surface area (TPSA) is 44.0 Å². The van der Waals surface area contributed by atoms with Crippen molar-refractivity contribution >= 4 is 16.8 Å². The standard InChI is InChI=1S/C20H11FN2O2/c21-12-7-9-13(10-8-12)23-15-5-2-1-4-14(15)19(24)17-18(23)16-6-3-11-22(16)20(17)25/h1-11H. The van der Waals surface area contributed by atoms with E-state index in [0.29, 0.717) is 28.0 Å². The molecule has 120 valence electrons. The average Bonchev–Trinajstić information content (AvgIpc) is 3.20. The van der Waals surface area contributed by atoms with Gasteiger partial charge in [-0.25, -0.2) is 4.39 Å². The second kappa shape index (κ2) is 4.77. The van der Waals surface area contributed by atoms with Gasteiger partial charge in [-0.3, -0.25) is 14.2 Å². The monoisotopic (exact) mass is 330 g/mol. The van der Waals surface area contributed by atoms with Crippen LogP contribution in [0.15, 0.2) is 71.7 Å². The van der Waals surface area contributed by atoms with E-state index in [1.54, 1.807) is 42.6 Å². The summed E-state index contributed by atoms with van der Waals surface area (Å²) < 4.78 is 16.7. The van der Waals surface area contributed by atoms with Crippen LogP contribution in [0.3, 0.4) is 0 Å². The van der Waals surface area contributed by atoms with E-state index in [0.717, 1.165) is 0 Å². The maximum absolute atomic E-state index is 13.4. The molecule has 0 saturated heterocycles. The van der Waals surface area contributed by atoms with Crippen LogP contribution in [0.25, 0.3) is 28.0 Å². The molecule has 0 bridgehead atoms. The quantitative estimate of drug-likeness (QED) is 0.471. The van der Waals surface area contributed by atoms with Gasteiger partial charge >= 0.3 is 0 Å². The number of rotatable bonds is 1. The largest absolute Gasteiger partial charge is 0.307 e. The Bertz CT molecular complexity index is 1230. The van der Waals surface area contributed by atoms with Crippen LogP contribution in [0, 0.1) is 5.82 Å². The van der Waals surface area contributed by atoms with Gasteiger partial charge in [0.05, 0.1) is 16.9 Å². The minimum atomic E-state index is -0.342. The van der Waals surface area contributed by atoms with Crippen LogP contribution in [-0.4, -0.2) is 15.0 Å². The summed E-state index contributed by atoms with van der Waals surface area (Å²) in [5.41, 5.74) is 2.45. The number of halogens is 1. The summed E-state index contributed by atoms with van der Waals surface area (Å²) in [6.45, 7) is 0. The molecule has 0 saturated carbocycles. The zero-order chi connectivity index (χ0) is 17.1. The summed E-state index contributed by atoms with van der Waals surface area (Å²) in [6.07, 6.45) is 1.65. The van der Waals surface area contributed by atoms with Gasteiger partial charge in [-0.1, -0.05) is 12.1 Å². The first kappa shape index (κ1) is 13.9. The van der Waals surface area contributed by atoms with Gasteiger partial charge in [0.25, 0.3) is 5.91 Å². The summed E-state index contributed by atoms with van der Waals surface area (Å²) in [5, 5.41) is 0.463. The van der Waals surface area contributed by atoms with Crippen LogP contribution in [0.5, 0.6) is 0 Å². The fourth-order valence-electron chi connectivity index (χ4n) is 3.51. The highest BCUT2D eigenvalue weighted by molar-refractivity contribution is 6.10. The fraction of sp³-hybridized carbons (Fsp3) is 0. The normalized spacial score (nSPS) is 12.4. The van der Waals surface area contributed by atoms with Gasteiger partial charge in [0.1, 0.15) is 11.4 Å². The molecule has 3 heterocycles. The number of para-hydroxylation sites is 1. The van der Waals surface area contributed by atoms with Crippen molar-refractivity contribution in [2.24, 2.45) is 0 Å². The van der Waals surface area contributed by atoms with Gasteiger partial charge < -0.3 is 4.57 Å². The van der Waals surface area contributed by atoms with Gasteiger partial charge in [-0.05, 0) is 48.5 Å². The summed E-state index contributed by atoms with van der Waals surface area (Å²) in [7, 11) is 0. The Balaban J connectivity index is 2.03. The van der Waals surface area contributed by atoms with Crippen LogP contribution in [0.2, 0.25) is 0 Å². The predicted octanol–water partition coefficient (Wildman–Crippen LogP) is 3.60. The Hall–Kier alpha value is -3.47. The summed E-state index contributed by atoms with van der Waals surface area (Å²) in [5.74, 6) is -0.674. The third-order valence-corrected chi connectivity index (χ3v) is 4.59. The Morgan fingerprint density at radius 2 is 1.60 bits per heavy atom. The van der Waals surface area contributed by atoms with Gasteiger partial charge in [-0.2, -0.15) is 0 Å². The van der Waals surface area contributed by atoms with Crippen LogP contribution in [0.1, 0.15) is 10.4 Å². The molecule has 4 aromatic rings. The Morgan fingerprint density at radius 1 is 0.840 bits per heavy atom. The van der Waals surface area contributed by atoms with E-state index in [9.17, 15) is 14.0 Å². The highest BCUT2D eigenvalue weighted by atomic mass is 19.1. The minimum Gasteiger partial charge on any atom is -0.307 e. The van der Waals surface area contributed by atoms with Crippen molar-refractivity contribution in [3.05, 3.63) is 88.5 Å². The lowest BCUT2D eigenvalue weighted by Gasteiger charge is -2.16. The number of nitrogens with zero attached hydrogens (tertiary/aromatic N) is 2. The molecule has 0 N–H and O–H groups in total. The molecule has 2 aromatic carbocycles. The second-order valence-corrected chi connectivity index (χ2v) is 5.95. The Kier molecular flexibility index (Phi) is 2.65. The molecule has 0 unspecified atom stereocenters. The average molecular weight is 330 g/mol. The number of aromatic nitrogens is 2. The summed E-state index contributed by atoms with van der Waals surface area (Å²) in [6, 6.07) is 16.7. The van der Waals surface area contributed by atoms with E-state index in [1.165, 1.54) is 16.7 Å². The highest BCUT2D eigenvalue weighted by Crippen LogP contribution is 2.35. The molecule has 5 heteroatoms. The number of hydrogen-bond donors (Lipinski definition) is 0. The lowest BCUT2D eigenvalue weighted by atomic mass is 10.1. The SMILES string of the molecule is O=C1c2c(n(-c3ccc(F)cc3)c3ccccc3c2=O)-c2cccn21. The molecule has 2 aromatic heterocycles. The van der Waals surface area contributed by atoms with Crippen molar-refractivity contribution in [1.82, 2.24) is 9.13 Å². The van der Waals surface area contributed by atoms with Gasteiger partial charge in [0, 0.05) is 17.3 Å². The molecule has 0 fully saturated rings. The van der Waals surface area contributed by atoms with Gasteiger partial charge in [0.15, 0.2) is 0 Å². The first-order valence-electron chi connectivity index (χ1n) is 7.83. The van der Waals surface area contributed by atoms with E-state index in [-0.39, 0.29) is 22.7 Å². The van der Waals surface area contributed by atoms with Crippen molar-refractivity contribution in [3.63, 3.8) is 0 Å². The molecule has 0 amide bonds. The fourth-order valence-corrected chi connectivity index (χ4v) is 3.51. The first-order valence-corrected chi connectivity index (χ1v) is 7.83. The van der Waals surface area contributed by atoms with Gasteiger partial charge in [0.2, 0.25) is 5.43 Å². The van der Waals surface area contributed by atoms with Crippen molar-refractivity contribution in [3.8, 4) is 17.1 Å². The zero-order valence-corrected chi connectivity index (χ0v) is 12.9. The molecule has 0 atom stereocenters. The van der Waals surface area contributed by atoms with Crippen molar-refractivity contribution < 1.29 is 9.18 Å². The van der Waals surface area contributed by atoms with Crippen LogP contribution in [-0.2, 0) is 0 Å². The molecule has 1 aliphatic heterocycles. The molecular formula is C20H11FN2O2. The van der Waals surface area contributed by atoms with Crippen LogP contribution in [0.4, 0.5) is 4.39 Å². The molecule has 4 nitrogen and oxygen atoms in total. The van der Waals surface area contributed by atoms with E-state index in [1.807, 2.05) is 16.7 Å². The highest BCUT2D eigenvalue weighted by Gasteiger charge is 2.33. The van der Waals surface area contributed by atoms with Crippen LogP contribution < -0.4 is 5.43 Å². The molecule has 5 rings (SSSR count). The zero-order valence-electron chi connectivity index (χ0n) is 12.9. The van der Waals surface area contributed by atoms with Crippen LogP contribution >= 0.6 is 0 Å². The van der Waals surface area contributed by atoms with Crippen molar-refractivity contribution in [2.75, 3.05) is 0 Å². The van der Waals surface area contributed by atoms with Gasteiger partial charge in [-0.15, -0.1) is 0 Å². The number of fused-ring (bicyclic) bond motifs is 4. The number of carbonyl (C=O) groups excluding carboxylic acids is 1. The Morgan fingerprint density at radius 3 is 2.40 bits per heavy atom. The Labute approximate surface area is 141 Å². The molecule has 0 spiro atoms. The molecular weight excluding hydrogens is 319 g/mol. The van der Waals surface area contributed by atoms with E-state index < -0.39 is 0 Å². The number of carbonyl (C=O) groups is 1. The molecule has 1 aliphatic rings. The third kappa shape index (κ3) is 1.75. The smallest absolute Gasteiger partial charge is 0.268 e. The lowest BCUT2D eigenvalue weighted by molar-refractivity contribution is 0.0968. The number of hydrogen-bond acceptors (Lipinski definition) is 2. The van der Waals surface area contributed by atoms with E-state index in [4.69, 9.17) is 0 Å². The maximum Gasteiger partial charge on any atom is 0.268 e. The third-order valence-electron chi connectivity index (χ3n) is 4.59. The maximum atomic E-state index is 13.4. The van der Waals surface area contributed by atoms with Crippen molar-refractivity contribution in [2.45, 2.75) is 0 Å². The molecule has 0 aliphatic carbocycles. The minimum absolute atomic E-state index is 0.152.